The predicted octanol–water partition coefficient (Wildman–Crippen LogP) is 2.69. The topological polar surface area (TPSA) is 40.5 Å². The van der Waals surface area contributed by atoms with Crippen LogP contribution in [0.2, 0.25) is 0 Å². The molecule has 0 unspecified atom stereocenters. The lowest BCUT2D eigenvalue weighted by molar-refractivity contribution is -0.137. The van der Waals surface area contributed by atoms with E-state index in [0.29, 0.717) is 0 Å². The van der Waals surface area contributed by atoms with Crippen molar-refractivity contribution < 1.29 is 9.90 Å². The number of nitrogens with zero attached hydrogens (tertiary/aromatic N) is 1. The smallest absolute Gasteiger partial charge is 0.303 e. The third-order valence-electron chi connectivity index (χ3n) is 3.45. The molecule has 0 saturated carbocycles. The van der Waals surface area contributed by atoms with Gasteiger partial charge in [-0.25, -0.2) is 0 Å². The second-order valence-electron chi connectivity index (χ2n) is 5.05. The number of rotatable bonds is 6. The van der Waals surface area contributed by atoms with Crippen molar-refractivity contribution in [2.75, 3.05) is 13.1 Å². The normalized spacial score (nSPS) is 16.0. The van der Waals surface area contributed by atoms with Gasteiger partial charge in [0.2, 0.25) is 0 Å². The molecule has 0 amide bonds. The van der Waals surface area contributed by atoms with E-state index in [-0.39, 0.29) is 6.42 Å². The highest BCUT2D eigenvalue weighted by Crippen LogP contribution is 2.14. The Labute approximate surface area is 108 Å². The maximum atomic E-state index is 10.5. The van der Waals surface area contributed by atoms with Gasteiger partial charge in [-0.1, -0.05) is 24.3 Å². The minimum atomic E-state index is -0.705. The van der Waals surface area contributed by atoms with Gasteiger partial charge in [0.15, 0.2) is 0 Å². The molecular weight excluding hydrogens is 226 g/mol. The standard InChI is InChI=1S/C15H21NO2/c17-15(18)8-4-6-13-5-3-7-14(11-13)12-16-9-1-2-10-16/h3,5,7,11H,1-2,4,6,8-10,12H2,(H,17,18). The van der Waals surface area contributed by atoms with Crippen molar-refractivity contribution in [1.82, 2.24) is 4.90 Å². The average Bonchev–Trinajstić information content (AvgIpc) is 2.82. The van der Waals surface area contributed by atoms with Crippen LogP contribution in [0.4, 0.5) is 0 Å². The van der Waals surface area contributed by atoms with Crippen LogP contribution in [0.3, 0.4) is 0 Å². The van der Waals surface area contributed by atoms with E-state index >= 15 is 0 Å². The Hall–Kier alpha value is -1.35. The van der Waals surface area contributed by atoms with Crippen molar-refractivity contribution in [1.29, 1.82) is 0 Å². The first-order valence-electron chi connectivity index (χ1n) is 6.76. The Morgan fingerprint density at radius 2 is 1.94 bits per heavy atom. The molecule has 0 atom stereocenters. The molecular formula is C15H21NO2. The van der Waals surface area contributed by atoms with E-state index in [0.717, 1.165) is 19.4 Å². The highest BCUT2D eigenvalue weighted by molar-refractivity contribution is 5.66. The fraction of sp³-hybridized carbons (Fsp3) is 0.533. The van der Waals surface area contributed by atoms with Gasteiger partial charge in [0.1, 0.15) is 0 Å². The van der Waals surface area contributed by atoms with E-state index in [4.69, 9.17) is 5.11 Å². The summed E-state index contributed by atoms with van der Waals surface area (Å²) in [6.45, 7) is 3.46. The van der Waals surface area contributed by atoms with Gasteiger partial charge in [-0.05, 0) is 49.9 Å². The first kappa shape index (κ1) is 13.1. The van der Waals surface area contributed by atoms with Gasteiger partial charge >= 0.3 is 5.97 Å². The van der Waals surface area contributed by atoms with E-state index in [1.54, 1.807) is 0 Å². The fourth-order valence-electron chi connectivity index (χ4n) is 2.53. The largest absolute Gasteiger partial charge is 0.481 e. The number of carboxylic acid groups (broad SMARTS) is 1. The van der Waals surface area contributed by atoms with Crippen LogP contribution in [0.25, 0.3) is 0 Å². The summed E-state index contributed by atoms with van der Waals surface area (Å²) < 4.78 is 0. The van der Waals surface area contributed by atoms with Gasteiger partial charge in [0.25, 0.3) is 0 Å². The first-order chi connectivity index (χ1) is 8.74. The second-order valence-corrected chi connectivity index (χ2v) is 5.05. The van der Waals surface area contributed by atoms with Crippen LogP contribution in [0.15, 0.2) is 24.3 Å². The monoisotopic (exact) mass is 247 g/mol. The average molecular weight is 247 g/mol. The molecule has 98 valence electrons. The van der Waals surface area contributed by atoms with E-state index in [2.05, 4.69) is 29.2 Å². The SMILES string of the molecule is O=C(O)CCCc1cccc(CN2CCCC2)c1. The molecule has 1 saturated heterocycles. The molecule has 0 aliphatic carbocycles. The third-order valence-corrected chi connectivity index (χ3v) is 3.45. The van der Waals surface area contributed by atoms with Gasteiger partial charge in [-0.2, -0.15) is 0 Å². The molecule has 1 fully saturated rings. The zero-order chi connectivity index (χ0) is 12.8. The maximum Gasteiger partial charge on any atom is 0.303 e. The van der Waals surface area contributed by atoms with Crippen molar-refractivity contribution in [2.45, 2.75) is 38.6 Å². The number of hydrogen-bond acceptors (Lipinski definition) is 2. The summed E-state index contributed by atoms with van der Waals surface area (Å²) in [4.78, 5) is 13.0. The number of aryl methyl sites for hydroxylation is 1. The number of carboxylic acids is 1. The molecule has 0 aromatic heterocycles. The van der Waals surface area contributed by atoms with E-state index < -0.39 is 5.97 Å². The van der Waals surface area contributed by atoms with Crippen molar-refractivity contribution in [3.05, 3.63) is 35.4 Å². The molecule has 0 spiro atoms. The lowest BCUT2D eigenvalue weighted by atomic mass is 10.0. The van der Waals surface area contributed by atoms with Crippen LogP contribution >= 0.6 is 0 Å². The molecule has 0 bridgehead atoms. The van der Waals surface area contributed by atoms with Gasteiger partial charge in [0.05, 0.1) is 0 Å². The van der Waals surface area contributed by atoms with Gasteiger partial charge in [0, 0.05) is 13.0 Å². The van der Waals surface area contributed by atoms with Gasteiger partial charge in [-0.3, -0.25) is 9.69 Å². The Bertz CT molecular complexity index is 397. The van der Waals surface area contributed by atoms with Crippen molar-refractivity contribution in [2.24, 2.45) is 0 Å². The molecule has 1 heterocycles. The molecule has 0 radical (unpaired) electrons. The lowest BCUT2D eigenvalue weighted by Crippen LogP contribution is -2.18. The molecule has 1 aromatic rings. The zero-order valence-corrected chi connectivity index (χ0v) is 10.8. The number of benzene rings is 1. The molecule has 1 aromatic carbocycles. The third kappa shape index (κ3) is 4.15. The minimum Gasteiger partial charge on any atom is -0.481 e. The predicted molar refractivity (Wildman–Crippen MR) is 71.5 cm³/mol. The number of likely N-dealkylation sites (tertiary alicyclic amines) is 1. The highest BCUT2D eigenvalue weighted by atomic mass is 16.4. The molecule has 1 aliphatic rings. The van der Waals surface area contributed by atoms with Crippen LogP contribution in [-0.4, -0.2) is 29.1 Å². The number of hydrogen-bond donors (Lipinski definition) is 1. The molecule has 1 N–H and O–H groups in total. The lowest BCUT2D eigenvalue weighted by Gasteiger charge is -2.15. The quantitative estimate of drug-likeness (QED) is 0.840. The van der Waals surface area contributed by atoms with Crippen LogP contribution in [-0.2, 0) is 17.8 Å². The van der Waals surface area contributed by atoms with Crippen molar-refractivity contribution in [3.8, 4) is 0 Å². The van der Waals surface area contributed by atoms with Crippen LogP contribution < -0.4 is 0 Å². The molecule has 3 heteroatoms. The van der Waals surface area contributed by atoms with E-state index in [1.165, 1.54) is 37.1 Å². The summed E-state index contributed by atoms with van der Waals surface area (Å²) in [5, 5.41) is 8.63. The van der Waals surface area contributed by atoms with Crippen molar-refractivity contribution >= 4 is 5.97 Å². The van der Waals surface area contributed by atoms with Gasteiger partial charge < -0.3 is 5.11 Å². The Morgan fingerprint density at radius 1 is 1.22 bits per heavy atom. The van der Waals surface area contributed by atoms with Crippen LogP contribution in [0.5, 0.6) is 0 Å². The fourth-order valence-corrected chi connectivity index (χ4v) is 2.53. The highest BCUT2D eigenvalue weighted by Gasteiger charge is 2.11. The Kier molecular flexibility index (Phi) is 4.76. The summed E-state index contributed by atoms with van der Waals surface area (Å²) >= 11 is 0. The van der Waals surface area contributed by atoms with E-state index in [1.807, 2.05) is 0 Å². The summed E-state index contributed by atoms with van der Waals surface area (Å²) in [6, 6.07) is 8.57. The molecule has 3 nitrogen and oxygen atoms in total. The minimum absolute atomic E-state index is 0.260. The van der Waals surface area contributed by atoms with E-state index in [9.17, 15) is 4.79 Å². The molecule has 2 rings (SSSR count). The van der Waals surface area contributed by atoms with Crippen LogP contribution in [0.1, 0.15) is 36.8 Å². The first-order valence-corrected chi connectivity index (χ1v) is 6.76. The second kappa shape index (κ2) is 6.55. The zero-order valence-electron chi connectivity index (χ0n) is 10.8. The summed E-state index contributed by atoms with van der Waals surface area (Å²) in [6.07, 6.45) is 4.48. The molecule has 1 aliphatic heterocycles. The summed E-state index contributed by atoms with van der Waals surface area (Å²) in [5.41, 5.74) is 2.61. The Morgan fingerprint density at radius 3 is 2.67 bits per heavy atom. The maximum absolute atomic E-state index is 10.5. The van der Waals surface area contributed by atoms with Crippen molar-refractivity contribution in [3.63, 3.8) is 0 Å². The summed E-state index contributed by atoms with van der Waals surface area (Å²) in [5.74, 6) is -0.705. The number of aliphatic carboxylic acids is 1. The summed E-state index contributed by atoms with van der Waals surface area (Å²) in [7, 11) is 0. The molecule has 18 heavy (non-hydrogen) atoms. The van der Waals surface area contributed by atoms with Crippen LogP contribution in [0, 0.1) is 0 Å². The van der Waals surface area contributed by atoms with Gasteiger partial charge in [-0.15, -0.1) is 0 Å². The Balaban J connectivity index is 1.86. The number of carbonyl (C=O) groups is 1.